The molecule has 0 heterocycles. The molecule has 0 N–H and O–H groups in total. The van der Waals surface area contributed by atoms with Crippen LogP contribution in [-0.2, 0) is 6.54 Å². The van der Waals surface area contributed by atoms with Gasteiger partial charge in [-0.1, -0.05) is 42.5 Å². The van der Waals surface area contributed by atoms with E-state index in [1.54, 1.807) is 0 Å². The van der Waals surface area contributed by atoms with Gasteiger partial charge in [0.1, 0.15) is 0 Å². The highest BCUT2D eigenvalue weighted by atomic mass is 32.1. The van der Waals surface area contributed by atoms with E-state index in [-0.39, 0.29) is 0 Å². The summed E-state index contributed by atoms with van der Waals surface area (Å²) >= 11 is 5.41. The van der Waals surface area contributed by atoms with Gasteiger partial charge in [-0.15, -0.1) is 0 Å². The van der Waals surface area contributed by atoms with Crippen molar-refractivity contribution in [3.05, 3.63) is 35.9 Å². The van der Waals surface area contributed by atoms with Crippen molar-refractivity contribution in [3.8, 4) is 0 Å². The molecule has 0 saturated heterocycles. The quantitative estimate of drug-likeness (QED) is 0.754. The number of nitrogens with zero attached hydrogens (tertiary/aromatic N) is 1. The standard InChI is InChI=1S/C18H23NS/c20-13-19(12-14-4-2-1-3-5-14)18-9-15-6-16(10-18)8-17(7-15)11-18/h1-5,13,15-17H,6-12H2. The minimum absolute atomic E-state index is 0.395. The second-order valence-corrected chi connectivity index (χ2v) is 7.57. The maximum atomic E-state index is 5.41. The highest BCUT2D eigenvalue weighted by Crippen LogP contribution is 2.57. The zero-order chi connectivity index (χ0) is 13.6. The molecule has 4 saturated carbocycles. The number of thiocarbonyl (C=S) groups is 1. The third-order valence-electron chi connectivity index (χ3n) is 5.94. The predicted octanol–water partition coefficient (Wildman–Crippen LogP) is 4.41. The summed E-state index contributed by atoms with van der Waals surface area (Å²) < 4.78 is 0. The Hall–Kier alpha value is -0.890. The normalized spacial score (nSPS) is 37.9. The lowest BCUT2D eigenvalue weighted by atomic mass is 9.52. The highest BCUT2D eigenvalue weighted by molar-refractivity contribution is 7.78. The van der Waals surface area contributed by atoms with Crippen LogP contribution in [0.3, 0.4) is 0 Å². The molecule has 4 bridgehead atoms. The zero-order valence-corrected chi connectivity index (χ0v) is 12.8. The molecule has 1 aromatic carbocycles. The van der Waals surface area contributed by atoms with E-state index < -0.39 is 0 Å². The Morgan fingerprint density at radius 1 is 1.00 bits per heavy atom. The lowest BCUT2D eigenvalue weighted by Crippen LogP contribution is -2.59. The molecular formula is C18H23NS. The molecule has 0 unspecified atom stereocenters. The van der Waals surface area contributed by atoms with E-state index in [4.69, 9.17) is 12.2 Å². The summed E-state index contributed by atoms with van der Waals surface area (Å²) in [6.07, 6.45) is 8.65. The molecule has 4 aliphatic carbocycles. The lowest BCUT2D eigenvalue weighted by molar-refractivity contribution is -0.0621. The van der Waals surface area contributed by atoms with Crippen molar-refractivity contribution in [2.75, 3.05) is 0 Å². The van der Waals surface area contributed by atoms with Crippen LogP contribution >= 0.6 is 12.2 Å². The van der Waals surface area contributed by atoms with Crippen LogP contribution in [0.4, 0.5) is 0 Å². The van der Waals surface area contributed by atoms with E-state index in [0.29, 0.717) is 5.54 Å². The molecule has 1 nitrogen and oxygen atoms in total. The Morgan fingerprint density at radius 2 is 1.55 bits per heavy atom. The first-order chi connectivity index (χ1) is 9.77. The third kappa shape index (κ3) is 2.09. The van der Waals surface area contributed by atoms with Crippen molar-refractivity contribution in [2.45, 2.75) is 50.6 Å². The van der Waals surface area contributed by atoms with Gasteiger partial charge in [-0.2, -0.15) is 0 Å². The van der Waals surface area contributed by atoms with Gasteiger partial charge in [-0.05, 0) is 61.8 Å². The summed E-state index contributed by atoms with van der Waals surface area (Å²) in [6, 6.07) is 10.8. The van der Waals surface area contributed by atoms with Gasteiger partial charge < -0.3 is 4.90 Å². The van der Waals surface area contributed by atoms with E-state index in [1.807, 2.05) is 5.49 Å². The van der Waals surface area contributed by atoms with E-state index in [1.165, 1.54) is 44.1 Å². The van der Waals surface area contributed by atoms with Gasteiger partial charge in [0, 0.05) is 12.1 Å². The fourth-order valence-corrected chi connectivity index (χ4v) is 5.81. The largest absolute Gasteiger partial charge is 0.359 e. The topological polar surface area (TPSA) is 3.24 Å². The summed E-state index contributed by atoms with van der Waals surface area (Å²) in [6.45, 7) is 0.997. The van der Waals surface area contributed by atoms with Crippen LogP contribution in [0.2, 0.25) is 0 Å². The fraction of sp³-hybridized carbons (Fsp3) is 0.611. The van der Waals surface area contributed by atoms with Gasteiger partial charge in [0.25, 0.3) is 0 Å². The summed E-state index contributed by atoms with van der Waals surface area (Å²) in [7, 11) is 0. The van der Waals surface area contributed by atoms with Gasteiger partial charge in [0.05, 0.1) is 5.49 Å². The number of rotatable bonds is 4. The Kier molecular flexibility index (Phi) is 3.10. The molecule has 4 fully saturated rings. The fourth-order valence-electron chi connectivity index (χ4n) is 5.51. The molecular weight excluding hydrogens is 262 g/mol. The van der Waals surface area contributed by atoms with Gasteiger partial charge >= 0.3 is 0 Å². The van der Waals surface area contributed by atoms with Crippen molar-refractivity contribution >= 4 is 17.7 Å². The van der Waals surface area contributed by atoms with Crippen molar-refractivity contribution < 1.29 is 0 Å². The van der Waals surface area contributed by atoms with Gasteiger partial charge in [0.2, 0.25) is 0 Å². The second-order valence-electron chi connectivity index (χ2n) is 7.36. The van der Waals surface area contributed by atoms with Crippen molar-refractivity contribution in [3.63, 3.8) is 0 Å². The molecule has 1 aromatic rings. The molecule has 0 amide bonds. The average molecular weight is 285 g/mol. The minimum atomic E-state index is 0.395. The molecule has 0 aromatic heterocycles. The minimum Gasteiger partial charge on any atom is -0.359 e. The molecule has 20 heavy (non-hydrogen) atoms. The van der Waals surface area contributed by atoms with E-state index in [2.05, 4.69) is 35.2 Å². The molecule has 0 spiro atoms. The van der Waals surface area contributed by atoms with E-state index in [0.717, 1.165) is 24.3 Å². The first-order valence-corrected chi connectivity index (χ1v) is 8.50. The van der Waals surface area contributed by atoms with Gasteiger partial charge in [-0.25, -0.2) is 0 Å². The molecule has 0 radical (unpaired) electrons. The highest BCUT2D eigenvalue weighted by Gasteiger charge is 2.52. The maximum absolute atomic E-state index is 5.41. The molecule has 2 heteroatoms. The predicted molar refractivity (Wildman–Crippen MR) is 86.5 cm³/mol. The van der Waals surface area contributed by atoms with Crippen LogP contribution in [0.25, 0.3) is 0 Å². The van der Waals surface area contributed by atoms with Crippen LogP contribution in [0.5, 0.6) is 0 Å². The molecule has 0 aliphatic heterocycles. The lowest BCUT2D eigenvalue weighted by Gasteiger charge is -2.60. The summed E-state index contributed by atoms with van der Waals surface area (Å²) in [4.78, 5) is 2.52. The Balaban J connectivity index is 1.59. The third-order valence-corrected chi connectivity index (χ3v) is 6.19. The monoisotopic (exact) mass is 285 g/mol. The summed E-state index contributed by atoms with van der Waals surface area (Å²) in [5.74, 6) is 2.94. The smallest absolute Gasteiger partial charge is 0.0648 e. The van der Waals surface area contributed by atoms with Crippen molar-refractivity contribution in [2.24, 2.45) is 17.8 Å². The number of hydrogen-bond donors (Lipinski definition) is 0. The first-order valence-electron chi connectivity index (χ1n) is 8.03. The van der Waals surface area contributed by atoms with Crippen LogP contribution in [0, 0.1) is 17.8 Å². The van der Waals surface area contributed by atoms with E-state index >= 15 is 0 Å². The molecule has 5 rings (SSSR count). The summed E-state index contributed by atoms with van der Waals surface area (Å²) in [5, 5.41) is 0. The molecule has 106 valence electrons. The van der Waals surface area contributed by atoms with Crippen LogP contribution in [0.1, 0.15) is 44.1 Å². The van der Waals surface area contributed by atoms with E-state index in [9.17, 15) is 0 Å². The molecule has 0 atom stereocenters. The Bertz CT molecular complexity index is 460. The van der Waals surface area contributed by atoms with Crippen molar-refractivity contribution in [1.82, 2.24) is 4.90 Å². The Morgan fingerprint density at radius 3 is 2.05 bits per heavy atom. The number of benzene rings is 1. The summed E-state index contributed by atoms with van der Waals surface area (Å²) in [5.41, 5.74) is 3.75. The van der Waals surface area contributed by atoms with Gasteiger partial charge in [0.15, 0.2) is 0 Å². The van der Waals surface area contributed by atoms with Crippen molar-refractivity contribution in [1.29, 1.82) is 0 Å². The Labute approximate surface area is 127 Å². The molecule has 4 aliphatic rings. The van der Waals surface area contributed by atoms with Crippen LogP contribution in [0.15, 0.2) is 30.3 Å². The maximum Gasteiger partial charge on any atom is 0.0648 e. The SMILES string of the molecule is S=CN(Cc1ccccc1)C12CC3CC(CC(C3)C1)C2. The number of hydrogen-bond acceptors (Lipinski definition) is 1. The average Bonchev–Trinajstić information content (AvgIpc) is 2.44. The van der Waals surface area contributed by atoms with Crippen LogP contribution < -0.4 is 0 Å². The van der Waals surface area contributed by atoms with Gasteiger partial charge in [-0.3, -0.25) is 0 Å². The first kappa shape index (κ1) is 12.8. The zero-order valence-electron chi connectivity index (χ0n) is 12.0. The second kappa shape index (κ2) is 4.84. The van der Waals surface area contributed by atoms with Crippen LogP contribution in [-0.4, -0.2) is 15.9 Å².